The minimum atomic E-state index is 0. The average Bonchev–Trinajstić information content (AvgIpc) is 2.32. The first kappa shape index (κ1) is 16.9. The van der Waals surface area contributed by atoms with E-state index in [1.165, 1.54) is 11.1 Å². The maximum atomic E-state index is 11.5. The zero-order chi connectivity index (χ0) is 12.5. The molecule has 102 valence electrons. The summed E-state index contributed by atoms with van der Waals surface area (Å²) in [7, 11) is 0. The highest BCUT2D eigenvalue weighted by Gasteiger charge is 2.01. The second kappa shape index (κ2) is 9.92. The number of rotatable bonds is 7. The number of halogens is 1. The molecule has 0 atom stereocenters. The van der Waals surface area contributed by atoms with Crippen molar-refractivity contribution < 1.29 is 4.79 Å². The zero-order valence-electron chi connectivity index (χ0n) is 10.9. The van der Waals surface area contributed by atoms with Gasteiger partial charge in [0.1, 0.15) is 0 Å². The molecule has 0 aliphatic carbocycles. The number of hydrogen-bond donors (Lipinski definition) is 2. The molecule has 1 aromatic carbocycles. The van der Waals surface area contributed by atoms with Crippen LogP contribution in [0.3, 0.4) is 0 Å². The van der Waals surface area contributed by atoms with Crippen LogP contribution in [0.25, 0.3) is 0 Å². The van der Waals surface area contributed by atoms with Crippen LogP contribution < -0.4 is 11.1 Å². The summed E-state index contributed by atoms with van der Waals surface area (Å²) in [5.74, 6) is 0.128. The zero-order valence-corrected chi connectivity index (χ0v) is 11.8. The van der Waals surface area contributed by atoms with Gasteiger partial charge in [-0.05, 0) is 38.3 Å². The lowest BCUT2D eigenvalue weighted by Crippen LogP contribution is -2.25. The van der Waals surface area contributed by atoms with E-state index >= 15 is 0 Å². The smallest absolute Gasteiger partial charge is 0.220 e. The largest absolute Gasteiger partial charge is 0.356 e. The molecule has 0 heterocycles. The Balaban J connectivity index is 0.00000289. The van der Waals surface area contributed by atoms with Gasteiger partial charge in [0.05, 0.1) is 0 Å². The van der Waals surface area contributed by atoms with Crippen molar-refractivity contribution in [1.29, 1.82) is 0 Å². The number of nitrogens with two attached hydrogens (primary N) is 1. The van der Waals surface area contributed by atoms with Gasteiger partial charge in [-0.25, -0.2) is 0 Å². The molecule has 0 saturated heterocycles. The monoisotopic (exact) mass is 270 g/mol. The second-order valence-electron chi connectivity index (χ2n) is 4.33. The van der Waals surface area contributed by atoms with E-state index in [2.05, 4.69) is 30.4 Å². The summed E-state index contributed by atoms with van der Waals surface area (Å²) in [4.78, 5) is 11.5. The van der Waals surface area contributed by atoms with Crippen molar-refractivity contribution in [2.24, 2.45) is 5.73 Å². The fraction of sp³-hybridized carbons (Fsp3) is 0.500. The molecule has 0 aliphatic heterocycles. The van der Waals surface area contributed by atoms with E-state index < -0.39 is 0 Å². The summed E-state index contributed by atoms with van der Waals surface area (Å²) in [5, 5.41) is 2.91. The van der Waals surface area contributed by atoms with Crippen LogP contribution in [0.2, 0.25) is 0 Å². The van der Waals surface area contributed by atoms with E-state index in [0.29, 0.717) is 13.0 Å². The standard InChI is InChI=1S/C14H22N2O.ClH/c1-12-5-4-6-13(11-12)7-8-14(17)16-10-3-2-9-15;/h4-6,11H,2-3,7-10,15H2,1H3,(H,16,17);1H. The molecule has 0 spiro atoms. The predicted molar refractivity (Wildman–Crippen MR) is 78.0 cm³/mol. The van der Waals surface area contributed by atoms with Gasteiger partial charge in [0.25, 0.3) is 0 Å². The quantitative estimate of drug-likeness (QED) is 0.747. The molecule has 0 aliphatic rings. The minimum Gasteiger partial charge on any atom is -0.356 e. The van der Waals surface area contributed by atoms with Crippen LogP contribution in [0.4, 0.5) is 0 Å². The van der Waals surface area contributed by atoms with Crippen LogP contribution in [0, 0.1) is 6.92 Å². The van der Waals surface area contributed by atoms with Gasteiger partial charge in [-0.3, -0.25) is 4.79 Å². The maximum Gasteiger partial charge on any atom is 0.220 e. The van der Waals surface area contributed by atoms with Crippen LogP contribution in [-0.2, 0) is 11.2 Å². The van der Waals surface area contributed by atoms with Crippen LogP contribution in [0.15, 0.2) is 24.3 Å². The second-order valence-corrected chi connectivity index (χ2v) is 4.33. The van der Waals surface area contributed by atoms with Gasteiger partial charge in [-0.15, -0.1) is 12.4 Å². The Kier molecular flexibility index (Phi) is 9.33. The van der Waals surface area contributed by atoms with Gasteiger partial charge in [-0.2, -0.15) is 0 Å². The summed E-state index contributed by atoms with van der Waals surface area (Å²) in [6.07, 6.45) is 3.31. The molecule has 0 unspecified atom stereocenters. The Labute approximate surface area is 116 Å². The Bertz CT molecular complexity index is 355. The van der Waals surface area contributed by atoms with Gasteiger partial charge in [0.2, 0.25) is 5.91 Å². The average molecular weight is 271 g/mol. The van der Waals surface area contributed by atoms with Crippen LogP contribution in [-0.4, -0.2) is 19.0 Å². The molecule has 1 amide bonds. The number of amides is 1. The number of unbranched alkanes of at least 4 members (excludes halogenated alkanes) is 1. The van der Waals surface area contributed by atoms with E-state index in [4.69, 9.17) is 5.73 Å². The Morgan fingerprint density at radius 3 is 2.78 bits per heavy atom. The van der Waals surface area contributed by atoms with E-state index in [9.17, 15) is 4.79 Å². The molecule has 1 aromatic rings. The van der Waals surface area contributed by atoms with Gasteiger partial charge >= 0.3 is 0 Å². The topological polar surface area (TPSA) is 55.1 Å². The number of carbonyl (C=O) groups is 1. The molecule has 0 saturated carbocycles. The summed E-state index contributed by atoms with van der Waals surface area (Å²) in [6, 6.07) is 8.29. The summed E-state index contributed by atoms with van der Waals surface area (Å²) >= 11 is 0. The third kappa shape index (κ3) is 7.30. The van der Waals surface area contributed by atoms with E-state index in [1.807, 2.05) is 6.07 Å². The first-order valence-electron chi connectivity index (χ1n) is 6.24. The summed E-state index contributed by atoms with van der Waals surface area (Å²) in [5.41, 5.74) is 7.85. The summed E-state index contributed by atoms with van der Waals surface area (Å²) < 4.78 is 0. The molecule has 1 rings (SSSR count). The highest BCUT2D eigenvalue weighted by Crippen LogP contribution is 2.06. The van der Waals surface area contributed by atoms with Crippen LogP contribution in [0.5, 0.6) is 0 Å². The molecular formula is C14H23ClN2O. The minimum absolute atomic E-state index is 0. The van der Waals surface area contributed by atoms with E-state index in [1.54, 1.807) is 0 Å². The van der Waals surface area contributed by atoms with Crippen molar-refractivity contribution in [3.63, 3.8) is 0 Å². The molecule has 0 aromatic heterocycles. The fourth-order valence-corrected chi connectivity index (χ4v) is 1.71. The molecule has 0 radical (unpaired) electrons. The van der Waals surface area contributed by atoms with Crippen LogP contribution in [0.1, 0.15) is 30.4 Å². The number of carbonyl (C=O) groups excluding carboxylic acids is 1. The van der Waals surface area contributed by atoms with Crippen molar-refractivity contribution in [3.05, 3.63) is 35.4 Å². The molecule has 4 heteroatoms. The van der Waals surface area contributed by atoms with Crippen LogP contribution >= 0.6 is 12.4 Å². The van der Waals surface area contributed by atoms with E-state index in [-0.39, 0.29) is 18.3 Å². The fourth-order valence-electron chi connectivity index (χ4n) is 1.71. The highest BCUT2D eigenvalue weighted by atomic mass is 35.5. The van der Waals surface area contributed by atoms with Crippen molar-refractivity contribution >= 4 is 18.3 Å². The molecule has 0 fully saturated rings. The van der Waals surface area contributed by atoms with Crippen molar-refractivity contribution in [2.75, 3.05) is 13.1 Å². The molecule has 3 N–H and O–H groups in total. The molecule has 3 nitrogen and oxygen atoms in total. The highest BCUT2D eigenvalue weighted by molar-refractivity contribution is 5.85. The number of nitrogens with one attached hydrogen (secondary N) is 1. The first-order chi connectivity index (χ1) is 8.22. The van der Waals surface area contributed by atoms with Crippen molar-refractivity contribution in [3.8, 4) is 0 Å². The number of hydrogen-bond acceptors (Lipinski definition) is 2. The van der Waals surface area contributed by atoms with Gasteiger partial charge in [-0.1, -0.05) is 29.8 Å². The Morgan fingerprint density at radius 1 is 1.33 bits per heavy atom. The lowest BCUT2D eigenvalue weighted by Gasteiger charge is -2.05. The normalized spacial score (nSPS) is 9.67. The number of benzene rings is 1. The van der Waals surface area contributed by atoms with E-state index in [0.717, 1.165) is 25.8 Å². The third-order valence-electron chi connectivity index (χ3n) is 2.68. The van der Waals surface area contributed by atoms with Gasteiger partial charge in [0, 0.05) is 13.0 Å². The lowest BCUT2D eigenvalue weighted by atomic mass is 10.1. The molecular weight excluding hydrogens is 248 g/mol. The molecule has 0 bridgehead atoms. The first-order valence-corrected chi connectivity index (χ1v) is 6.24. The van der Waals surface area contributed by atoms with Gasteiger partial charge < -0.3 is 11.1 Å². The molecule has 18 heavy (non-hydrogen) atoms. The maximum absolute atomic E-state index is 11.5. The lowest BCUT2D eigenvalue weighted by molar-refractivity contribution is -0.121. The Morgan fingerprint density at radius 2 is 2.11 bits per heavy atom. The SMILES string of the molecule is Cc1cccc(CCC(=O)NCCCCN)c1.Cl. The van der Waals surface area contributed by atoms with Gasteiger partial charge in [0.15, 0.2) is 0 Å². The third-order valence-corrected chi connectivity index (χ3v) is 2.68. The Hall–Kier alpha value is -1.06. The number of aryl methyl sites for hydroxylation is 2. The van der Waals surface area contributed by atoms with Crippen molar-refractivity contribution in [2.45, 2.75) is 32.6 Å². The van der Waals surface area contributed by atoms with Crippen molar-refractivity contribution in [1.82, 2.24) is 5.32 Å². The predicted octanol–water partition coefficient (Wildman–Crippen LogP) is 2.20. The summed E-state index contributed by atoms with van der Waals surface area (Å²) in [6.45, 7) is 3.50.